The molecule has 0 aromatic carbocycles. The Morgan fingerprint density at radius 2 is 2.05 bits per heavy atom. The number of ether oxygens (including phenoxy) is 1. The summed E-state index contributed by atoms with van der Waals surface area (Å²) in [6.45, 7) is 7.04. The Hall–Kier alpha value is -0.650. The van der Waals surface area contributed by atoms with Gasteiger partial charge in [-0.2, -0.15) is 0 Å². The molecule has 5 heteroatoms. The third-order valence-corrected chi connectivity index (χ3v) is 5.76. The summed E-state index contributed by atoms with van der Waals surface area (Å²) in [5.41, 5.74) is 0.152. The summed E-state index contributed by atoms with van der Waals surface area (Å²) in [5.74, 6) is 0.929. The van der Waals surface area contributed by atoms with Gasteiger partial charge in [0.05, 0.1) is 0 Å². The highest BCUT2D eigenvalue weighted by atomic mass is 16.5. The Bertz CT molecular complexity index is 357. The molecule has 1 amide bonds. The number of likely N-dealkylation sites (tertiary alicyclic amines) is 1. The molecule has 1 atom stereocenters. The number of nitrogens with one attached hydrogen (secondary N) is 2. The van der Waals surface area contributed by atoms with Gasteiger partial charge < -0.3 is 15.4 Å². The fourth-order valence-electron chi connectivity index (χ4n) is 4.20. The van der Waals surface area contributed by atoms with Crippen LogP contribution in [0.25, 0.3) is 0 Å². The summed E-state index contributed by atoms with van der Waals surface area (Å²) in [6.07, 6.45) is 7.63. The number of amides is 1. The van der Waals surface area contributed by atoms with Crippen molar-refractivity contribution in [2.24, 2.45) is 5.92 Å². The van der Waals surface area contributed by atoms with E-state index in [9.17, 15) is 4.79 Å². The van der Waals surface area contributed by atoms with Crippen molar-refractivity contribution in [1.82, 2.24) is 15.5 Å². The largest absolute Gasteiger partial charge is 0.381 e. The van der Waals surface area contributed by atoms with E-state index in [2.05, 4.69) is 15.5 Å². The van der Waals surface area contributed by atoms with Gasteiger partial charge in [0, 0.05) is 31.7 Å². The fraction of sp³-hybridized carbons (Fsp3) is 0.941. The molecular weight excluding hydrogens is 278 g/mol. The van der Waals surface area contributed by atoms with E-state index in [0.717, 1.165) is 52.1 Å². The molecule has 3 heterocycles. The first-order valence-electron chi connectivity index (χ1n) is 9.09. The molecule has 1 unspecified atom stereocenters. The van der Waals surface area contributed by atoms with E-state index >= 15 is 0 Å². The van der Waals surface area contributed by atoms with Crippen LogP contribution < -0.4 is 10.6 Å². The first-order valence-corrected chi connectivity index (χ1v) is 9.09. The topological polar surface area (TPSA) is 53.6 Å². The van der Waals surface area contributed by atoms with Crippen molar-refractivity contribution in [3.8, 4) is 0 Å². The van der Waals surface area contributed by atoms with E-state index < -0.39 is 0 Å². The van der Waals surface area contributed by atoms with Gasteiger partial charge in [0.15, 0.2) is 0 Å². The highest BCUT2D eigenvalue weighted by Crippen LogP contribution is 2.30. The second-order valence-corrected chi connectivity index (χ2v) is 7.21. The zero-order valence-electron chi connectivity index (χ0n) is 13.7. The standard InChI is InChI=1S/C17H31N3O2/c21-16(4-3-15-5-8-18-13-15)19-14-17(6-11-22-12-7-17)20-9-1-2-10-20/h15,18H,1-14H2,(H,19,21). The van der Waals surface area contributed by atoms with Crippen LogP contribution in [0.2, 0.25) is 0 Å². The maximum Gasteiger partial charge on any atom is 0.220 e. The first kappa shape index (κ1) is 16.2. The second-order valence-electron chi connectivity index (χ2n) is 7.21. The highest BCUT2D eigenvalue weighted by Gasteiger charge is 2.39. The van der Waals surface area contributed by atoms with Crippen molar-refractivity contribution < 1.29 is 9.53 Å². The molecule has 0 radical (unpaired) electrons. The number of nitrogens with zero attached hydrogens (tertiary/aromatic N) is 1. The number of carbonyl (C=O) groups excluding carboxylic acids is 1. The molecule has 2 N–H and O–H groups in total. The summed E-state index contributed by atoms with van der Waals surface area (Å²) in [5, 5.41) is 6.61. The summed E-state index contributed by atoms with van der Waals surface area (Å²) >= 11 is 0. The minimum atomic E-state index is 0.152. The molecule has 22 heavy (non-hydrogen) atoms. The zero-order valence-corrected chi connectivity index (χ0v) is 13.7. The average Bonchev–Trinajstić information content (AvgIpc) is 3.25. The highest BCUT2D eigenvalue weighted by molar-refractivity contribution is 5.75. The van der Waals surface area contributed by atoms with Gasteiger partial charge in [-0.25, -0.2) is 0 Å². The van der Waals surface area contributed by atoms with E-state index in [0.29, 0.717) is 12.3 Å². The zero-order chi connectivity index (χ0) is 15.3. The molecule has 3 rings (SSSR count). The van der Waals surface area contributed by atoms with E-state index in [1.165, 1.54) is 32.4 Å². The number of hydrogen-bond donors (Lipinski definition) is 2. The molecule has 0 aromatic heterocycles. The maximum absolute atomic E-state index is 12.2. The summed E-state index contributed by atoms with van der Waals surface area (Å²) in [7, 11) is 0. The molecule has 3 aliphatic heterocycles. The second kappa shape index (κ2) is 7.75. The van der Waals surface area contributed by atoms with E-state index in [-0.39, 0.29) is 11.4 Å². The molecule has 0 aromatic rings. The van der Waals surface area contributed by atoms with Crippen LogP contribution in [0.4, 0.5) is 0 Å². The van der Waals surface area contributed by atoms with Gasteiger partial charge in [-0.1, -0.05) is 0 Å². The molecule has 5 nitrogen and oxygen atoms in total. The van der Waals surface area contributed by atoms with Crippen LogP contribution in [0, 0.1) is 5.92 Å². The summed E-state index contributed by atoms with van der Waals surface area (Å²) in [6, 6.07) is 0. The monoisotopic (exact) mass is 309 g/mol. The fourth-order valence-corrected chi connectivity index (χ4v) is 4.20. The van der Waals surface area contributed by atoms with Crippen molar-refractivity contribution in [2.75, 3.05) is 45.9 Å². The SMILES string of the molecule is O=C(CCC1CCNC1)NCC1(N2CCCC2)CCOCC1. The van der Waals surface area contributed by atoms with Crippen LogP contribution in [-0.2, 0) is 9.53 Å². The summed E-state index contributed by atoms with van der Waals surface area (Å²) < 4.78 is 5.56. The summed E-state index contributed by atoms with van der Waals surface area (Å²) in [4.78, 5) is 14.8. The predicted molar refractivity (Wildman–Crippen MR) is 86.8 cm³/mol. The lowest BCUT2D eigenvalue weighted by atomic mass is 9.88. The molecule has 3 saturated heterocycles. The quantitative estimate of drug-likeness (QED) is 0.772. The van der Waals surface area contributed by atoms with Gasteiger partial charge >= 0.3 is 0 Å². The lowest BCUT2D eigenvalue weighted by Gasteiger charge is -2.44. The normalized spacial score (nSPS) is 28.8. The Kier molecular flexibility index (Phi) is 5.71. The molecule has 0 saturated carbocycles. The number of rotatable bonds is 6. The van der Waals surface area contributed by atoms with Crippen LogP contribution in [0.5, 0.6) is 0 Å². The van der Waals surface area contributed by atoms with Gasteiger partial charge in [0.2, 0.25) is 5.91 Å². The lowest BCUT2D eigenvalue weighted by molar-refractivity contribution is -0.122. The Morgan fingerprint density at radius 1 is 1.27 bits per heavy atom. The van der Waals surface area contributed by atoms with E-state index in [1.807, 2.05) is 0 Å². The molecule has 3 fully saturated rings. The molecule has 0 aliphatic carbocycles. The van der Waals surface area contributed by atoms with Crippen molar-refractivity contribution in [3.05, 3.63) is 0 Å². The molecule has 0 spiro atoms. The lowest BCUT2D eigenvalue weighted by Crippen LogP contribution is -2.57. The van der Waals surface area contributed by atoms with Gasteiger partial charge in [-0.3, -0.25) is 9.69 Å². The van der Waals surface area contributed by atoms with Crippen LogP contribution in [0.1, 0.15) is 44.9 Å². The minimum Gasteiger partial charge on any atom is -0.381 e. The van der Waals surface area contributed by atoms with Gasteiger partial charge in [0.25, 0.3) is 0 Å². The number of carbonyl (C=O) groups is 1. The third-order valence-electron chi connectivity index (χ3n) is 5.76. The third kappa shape index (κ3) is 4.00. The van der Waals surface area contributed by atoms with Crippen LogP contribution in [-0.4, -0.2) is 62.3 Å². The van der Waals surface area contributed by atoms with Crippen molar-refractivity contribution >= 4 is 5.91 Å². The first-order chi connectivity index (χ1) is 10.8. The Morgan fingerprint density at radius 3 is 2.73 bits per heavy atom. The van der Waals surface area contributed by atoms with Gasteiger partial charge in [0.1, 0.15) is 0 Å². The van der Waals surface area contributed by atoms with E-state index in [4.69, 9.17) is 4.74 Å². The van der Waals surface area contributed by atoms with Crippen LogP contribution in [0.15, 0.2) is 0 Å². The van der Waals surface area contributed by atoms with Crippen molar-refractivity contribution in [3.63, 3.8) is 0 Å². The van der Waals surface area contributed by atoms with Crippen LogP contribution in [0.3, 0.4) is 0 Å². The Balaban J connectivity index is 1.46. The van der Waals surface area contributed by atoms with E-state index in [1.54, 1.807) is 0 Å². The maximum atomic E-state index is 12.2. The molecule has 126 valence electrons. The average molecular weight is 309 g/mol. The smallest absolute Gasteiger partial charge is 0.220 e. The molecular formula is C17H31N3O2. The molecule has 3 aliphatic rings. The Labute approximate surface area is 134 Å². The van der Waals surface area contributed by atoms with Gasteiger partial charge in [-0.05, 0) is 70.6 Å². The van der Waals surface area contributed by atoms with Crippen molar-refractivity contribution in [1.29, 1.82) is 0 Å². The van der Waals surface area contributed by atoms with Crippen LogP contribution >= 0.6 is 0 Å². The van der Waals surface area contributed by atoms with Crippen molar-refractivity contribution in [2.45, 2.75) is 50.5 Å². The number of hydrogen-bond acceptors (Lipinski definition) is 4. The predicted octanol–water partition coefficient (Wildman–Crippen LogP) is 1.14. The molecule has 0 bridgehead atoms. The minimum absolute atomic E-state index is 0.152. The van der Waals surface area contributed by atoms with Gasteiger partial charge in [-0.15, -0.1) is 0 Å².